The van der Waals surface area contributed by atoms with Crippen molar-refractivity contribution < 1.29 is 14.0 Å². The van der Waals surface area contributed by atoms with Gasteiger partial charge < -0.3 is 10.2 Å². The Morgan fingerprint density at radius 2 is 1.94 bits per heavy atom. The first-order valence-electron chi connectivity index (χ1n) is 5.85. The monoisotopic (exact) mass is 244 g/mol. The molecule has 2 rings (SSSR count). The summed E-state index contributed by atoms with van der Waals surface area (Å²) >= 11 is 0. The predicted octanol–water partition coefficient (Wildman–Crippen LogP) is -0.281. The van der Waals surface area contributed by atoms with E-state index in [9.17, 15) is 14.0 Å². The summed E-state index contributed by atoms with van der Waals surface area (Å²) in [5.41, 5.74) is 0. The van der Waals surface area contributed by atoms with Crippen LogP contribution in [0.3, 0.4) is 0 Å². The number of carbonyl (C=O) groups excluding carboxylic acids is 2. The van der Waals surface area contributed by atoms with Crippen LogP contribution in [-0.4, -0.2) is 79.2 Å². The van der Waals surface area contributed by atoms with Gasteiger partial charge in [-0.05, 0) is 0 Å². The minimum Gasteiger partial charge on any atom is -0.336 e. The minimum atomic E-state index is -0.359. The Balaban J connectivity index is 1.84. The summed E-state index contributed by atoms with van der Waals surface area (Å²) in [6, 6.07) is -0.555. The second-order valence-electron chi connectivity index (χ2n) is 4.18. The Labute approximate surface area is 99.3 Å². The highest BCUT2D eigenvalue weighted by Crippen LogP contribution is 2.08. The molecule has 2 heterocycles. The summed E-state index contributed by atoms with van der Waals surface area (Å²) in [4.78, 5) is 28.2. The fraction of sp³-hybridized carbons (Fsp3) is 0.800. The molecule has 17 heavy (non-hydrogen) atoms. The Bertz CT molecular complexity index is 305. The van der Waals surface area contributed by atoms with Gasteiger partial charge in [0.25, 0.3) is 0 Å². The number of carbonyl (C=O) groups is 2. The van der Waals surface area contributed by atoms with Crippen LogP contribution < -0.4 is 5.32 Å². The van der Waals surface area contributed by atoms with Crippen molar-refractivity contribution in [3.05, 3.63) is 0 Å². The molecule has 0 saturated carbocycles. The van der Waals surface area contributed by atoms with E-state index in [0.29, 0.717) is 45.8 Å². The van der Waals surface area contributed by atoms with Crippen LogP contribution in [0.4, 0.5) is 14.0 Å². The molecule has 2 saturated heterocycles. The number of rotatable bonds is 2. The summed E-state index contributed by atoms with van der Waals surface area (Å²) in [6.45, 7) is 3.48. The smallest absolute Gasteiger partial charge is 0.328 e. The molecule has 4 amide bonds. The summed E-state index contributed by atoms with van der Waals surface area (Å²) in [5, 5.41) is 2.60. The molecule has 0 aromatic rings. The van der Waals surface area contributed by atoms with Crippen molar-refractivity contribution in [3.63, 3.8) is 0 Å². The molecule has 0 aromatic carbocycles. The average Bonchev–Trinajstić information content (AvgIpc) is 2.76. The van der Waals surface area contributed by atoms with Gasteiger partial charge in [-0.25, -0.2) is 18.9 Å². The predicted molar refractivity (Wildman–Crippen MR) is 59.5 cm³/mol. The number of amides is 4. The number of hydrogen-bond acceptors (Lipinski definition) is 3. The molecular weight excluding hydrogens is 227 g/mol. The van der Waals surface area contributed by atoms with Crippen LogP contribution in [0.2, 0.25) is 0 Å². The van der Waals surface area contributed by atoms with Crippen LogP contribution in [0.25, 0.3) is 0 Å². The molecule has 6 nitrogen and oxygen atoms in total. The maximum atomic E-state index is 12.1. The lowest BCUT2D eigenvalue weighted by Gasteiger charge is -2.35. The van der Waals surface area contributed by atoms with Crippen LogP contribution in [0.5, 0.6) is 0 Å². The van der Waals surface area contributed by atoms with Gasteiger partial charge in [0.2, 0.25) is 0 Å². The standard InChI is InChI=1S/C10H17FN4O2/c11-1-3-13-5-7-14(8-6-13)10(17)15-4-2-12-9(15)16/h1-8H2,(H,12,16). The summed E-state index contributed by atoms with van der Waals surface area (Å²) in [5.74, 6) is 0. The van der Waals surface area contributed by atoms with Crippen molar-refractivity contribution in [1.82, 2.24) is 20.0 Å². The maximum absolute atomic E-state index is 12.1. The van der Waals surface area contributed by atoms with Crippen molar-refractivity contribution in [2.24, 2.45) is 0 Å². The van der Waals surface area contributed by atoms with Crippen molar-refractivity contribution in [2.75, 3.05) is 52.5 Å². The first-order valence-corrected chi connectivity index (χ1v) is 5.85. The third-order valence-corrected chi connectivity index (χ3v) is 3.13. The molecular formula is C10H17FN4O2. The first kappa shape index (κ1) is 12.1. The third kappa shape index (κ3) is 2.66. The van der Waals surface area contributed by atoms with E-state index in [1.165, 1.54) is 4.90 Å². The Kier molecular flexibility index (Phi) is 3.78. The van der Waals surface area contributed by atoms with E-state index >= 15 is 0 Å². The van der Waals surface area contributed by atoms with E-state index in [1.54, 1.807) is 4.90 Å². The van der Waals surface area contributed by atoms with Gasteiger partial charge in [0.05, 0.1) is 0 Å². The fourth-order valence-electron chi connectivity index (χ4n) is 2.11. The SMILES string of the molecule is O=C1NCCN1C(=O)N1CCN(CCF)CC1. The first-order chi connectivity index (χ1) is 8.22. The van der Waals surface area contributed by atoms with E-state index in [2.05, 4.69) is 5.32 Å². The number of nitrogens with zero attached hydrogens (tertiary/aromatic N) is 3. The highest BCUT2D eigenvalue weighted by Gasteiger charge is 2.31. The molecule has 2 aliphatic heterocycles. The van der Waals surface area contributed by atoms with E-state index in [1.807, 2.05) is 4.90 Å². The molecule has 0 unspecified atom stereocenters. The third-order valence-electron chi connectivity index (χ3n) is 3.13. The van der Waals surface area contributed by atoms with Crippen molar-refractivity contribution in [2.45, 2.75) is 0 Å². The van der Waals surface area contributed by atoms with Crippen molar-refractivity contribution in [1.29, 1.82) is 0 Å². The lowest BCUT2D eigenvalue weighted by atomic mass is 10.3. The molecule has 2 fully saturated rings. The van der Waals surface area contributed by atoms with Gasteiger partial charge in [0.15, 0.2) is 0 Å². The van der Waals surface area contributed by atoms with Crippen LogP contribution in [-0.2, 0) is 0 Å². The Morgan fingerprint density at radius 3 is 2.47 bits per heavy atom. The van der Waals surface area contributed by atoms with Crippen LogP contribution in [0.1, 0.15) is 0 Å². The largest absolute Gasteiger partial charge is 0.336 e. The minimum absolute atomic E-state index is 0.236. The molecule has 0 spiro atoms. The Hall–Kier alpha value is -1.37. The van der Waals surface area contributed by atoms with Gasteiger partial charge in [0, 0.05) is 45.8 Å². The second-order valence-corrected chi connectivity index (χ2v) is 4.18. The molecule has 96 valence electrons. The number of alkyl halides is 1. The van der Waals surface area contributed by atoms with Crippen LogP contribution in [0, 0.1) is 0 Å². The molecule has 0 atom stereocenters. The number of piperazine rings is 1. The number of hydrogen-bond donors (Lipinski definition) is 1. The van der Waals surface area contributed by atoms with Gasteiger partial charge in [-0.2, -0.15) is 0 Å². The average molecular weight is 244 g/mol. The summed E-state index contributed by atoms with van der Waals surface area (Å²) < 4.78 is 12.1. The molecule has 0 aliphatic carbocycles. The van der Waals surface area contributed by atoms with E-state index in [-0.39, 0.29) is 18.7 Å². The highest BCUT2D eigenvalue weighted by molar-refractivity contribution is 5.94. The van der Waals surface area contributed by atoms with Gasteiger partial charge in [0.1, 0.15) is 6.67 Å². The molecule has 7 heteroatoms. The molecule has 0 aromatic heterocycles. The number of imide groups is 1. The zero-order valence-electron chi connectivity index (χ0n) is 9.69. The fourth-order valence-corrected chi connectivity index (χ4v) is 2.11. The zero-order chi connectivity index (χ0) is 12.3. The molecule has 0 bridgehead atoms. The number of urea groups is 2. The normalized spacial score (nSPS) is 21.8. The number of nitrogens with one attached hydrogen (secondary N) is 1. The highest BCUT2D eigenvalue weighted by atomic mass is 19.1. The second kappa shape index (κ2) is 5.31. The van der Waals surface area contributed by atoms with Gasteiger partial charge in [-0.1, -0.05) is 0 Å². The Morgan fingerprint density at radius 1 is 1.24 bits per heavy atom. The zero-order valence-corrected chi connectivity index (χ0v) is 9.69. The van der Waals surface area contributed by atoms with Crippen molar-refractivity contribution >= 4 is 12.1 Å². The lowest BCUT2D eigenvalue weighted by Crippen LogP contribution is -2.53. The lowest BCUT2D eigenvalue weighted by molar-refractivity contribution is 0.118. The van der Waals surface area contributed by atoms with Gasteiger partial charge in [-0.3, -0.25) is 4.90 Å². The summed E-state index contributed by atoms with van der Waals surface area (Å²) in [7, 11) is 0. The number of halogens is 1. The topological polar surface area (TPSA) is 55.9 Å². The molecule has 0 radical (unpaired) electrons. The molecule has 1 N–H and O–H groups in total. The van der Waals surface area contributed by atoms with Crippen LogP contribution >= 0.6 is 0 Å². The summed E-state index contributed by atoms with van der Waals surface area (Å²) in [6.07, 6.45) is 0. The maximum Gasteiger partial charge on any atom is 0.328 e. The molecule has 2 aliphatic rings. The van der Waals surface area contributed by atoms with E-state index in [0.717, 1.165) is 0 Å². The van der Waals surface area contributed by atoms with Gasteiger partial charge >= 0.3 is 12.1 Å². The van der Waals surface area contributed by atoms with E-state index < -0.39 is 0 Å². The quantitative estimate of drug-likeness (QED) is 0.727. The van der Waals surface area contributed by atoms with Crippen molar-refractivity contribution in [3.8, 4) is 0 Å². The van der Waals surface area contributed by atoms with E-state index in [4.69, 9.17) is 0 Å². The van der Waals surface area contributed by atoms with Crippen LogP contribution in [0.15, 0.2) is 0 Å². The van der Waals surface area contributed by atoms with Gasteiger partial charge in [-0.15, -0.1) is 0 Å².